The Morgan fingerprint density at radius 2 is 2.07 bits per heavy atom. The molecular formula is C21H41IN6. The molecule has 0 aromatic carbocycles. The molecule has 162 valence electrons. The van der Waals surface area contributed by atoms with Gasteiger partial charge in [0.2, 0.25) is 0 Å². The van der Waals surface area contributed by atoms with Gasteiger partial charge in [-0.15, -0.1) is 24.0 Å². The smallest absolute Gasteiger partial charge is 0.191 e. The number of nitrogens with one attached hydrogen (secondary N) is 2. The van der Waals surface area contributed by atoms with Gasteiger partial charge in [0.05, 0.1) is 5.69 Å². The van der Waals surface area contributed by atoms with Crippen molar-refractivity contribution in [3.05, 3.63) is 17.0 Å². The third-order valence-corrected chi connectivity index (χ3v) is 6.38. The highest BCUT2D eigenvalue weighted by Gasteiger charge is 2.37. The molecule has 3 atom stereocenters. The molecule has 1 fully saturated rings. The van der Waals surface area contributed by atoms with Gasteiger partial charge in [0, 0.05) is 37.9 Å². The van der Waals surface area contributed by atoms with Crippen molar-refractivity contribution >= 4 is 29.9 Å². The molecule has 3 unspecified atom stereocenters. The molecule has 7 heteroatoms. The molecule has 2 N–H and O–H groups in total. The number of likely N-dealkylation sites (N-methyl/N-ethyl adjacent to an activating group) is 1. The Hall–Kier alpha value is -0.830. The molecule has 28 heavy (non-hydrogen) atoms. The van der Waals surface area contributed by atoms with E-state index in [0.29, 0.717) is 6.04 Å². The molecule has 0 spiro atoms. The lowest BCUT2D eigenvalue weighted by molar-refractivity contribution is 0.0795. The quantitative estimate of drug-likeness (QED) is 0.355. The van der Waals surface area contributed by atoms with Crippen LogP contribution in [0.15, 0.2) is 4.99 Å². The Labute approximate surface area is 189 Å². The van der Waals surface area contributed by atoms with Crippen LogP contribution in [0.4, 0.5) is 0 Å². The Kier molecular flexibility index (Phi) is 9.73. The summed E-state index contributed by atoms with van der Waals surface area (Å²) < 4.78 is 1.97. The second kappa shape index (κ2) is 10.8. The summed E-state index contributed by atoms with van der Waals surface area (Å²) in [5, 5.41) is 11.7. The highest BCUT2D eigenvalue weighted by atomic mass is 127. The monoisotopic (exact) mass is 504 g/mol. The fourth-order valence-electron chi connectivity index (χ4n) is 4.50. The van der Waals surface area contributed by atoms with Gasteiger partial charge in [-0.3, -0.25) is 9.67 Å². The average Bonchev–Trinajstić information content (AvgIpc) is 2.84. The SMILES string of the molecule is CN=C(NCC1(N(C)C)CCCC(C)C1)NC(C)Cc1c(C)nn(C)c1C.I. The van der Waals surface area contributed by atoms with Crippen molar-refractivity contribution < 1.29 is 0 Å². The van der Waals surface area contributed by atoms with Gasteiger partial charge in [0.25, 0.3) is 0 Å². The first kappa shape index (κ1) is 25.2. The first-order chi connectivity index (χ1) is 12.7. The molecule has 0 radical (unpaired) electrons. The van der Waals surface area contributed by atoms with E-state index in [1.165, 1.54) is 36.9 Å². The van der Waals surface area contributed by atoms with Gasteiger partial charge >= 0.3 is 0 Å². The first-order valence-electron chi connectivity index (χ1n) is 10.3. The van der Waals surface area contributed by atoms with Gasteiger partial charge < -0.3 is 15.5 Å². The van der Waals surface area contributed by atoms with Crippen LogP contribution < -0.4 is 10.6 Å². The number of halogens is 1. The Morgan fingerprint density at radius 3 is 2.57 bits per heavy atom. The van der Waals surface area contributed by atoms with E-state index in [-0.39, 0.29) is 29.5 Å². The van der Waals surface area contributed by atoms with Crippen LogP contribution in [0.3, 0.4) is 0 Å². The van der Waals surface area contributed by atoms with Crippen molar-refractivity contribution in [2.24, 2.45) is 18.0 Å². The van der Waals surface area contributed by atoms with Crippen LogP contribution in [0.1, 0.15) is 56.5 Å². The summed E-state index contributed by atoms with van der Waals surface area (Å²) in [6.45, 7) is 9.75. The topological polar surface area (TPSA) is 57.5 Å². The highest BCUT2D eigenvalue weighted by molar-refractivity contribution is 14.0. The van der Waals surface area contributed by atoms with Crippen molar-refractivity contribution in [3.8, 4) is 0 Å². The highest BCUT2D eigenvalue weighted by Crippen LogP contribution is 2.35. The Morgan fingerprint density at radius 1 is 1.39 bits per heavy atom. The molecule has 0 saturated heterocycles. The van der Waals surface area contributed by atoms with Crippen molar-refractivity contribution in [2.45, 2.75) is 71.4 Å². The molecule has 0 amide bonds. The number of nitrogens with zero attached hydrogens (tertiary/aromatic N) is 4. The molecule has 6 nitrogen and oxygen atoms in total. The van der Waals surface area contributed by atoms with Crippen LogP contribution in [0.2, 0.25) is 0 Å². The molecule has 1 heterocycles. The van der Waals surface area contributed by atoms with Gasteiger partial charge in [-0.25, -0.2) is 0 Å². The molecule has 1 aliphatic carbocycles. The second-order valence-electron chi connectivity index (χ2n) is 8.77. The zero-order valence-electron chi connectivity index (χ0n) is 19.1. The lowest BCUT2D eigenvalue weighted by Crippen LogP contribution is -2.57. The number of hydrogen-bond acceptors (Lipinski definition) is 3. The predicted molar refractivity (Wildman–Crippen MR) is 130 cm³/mol. The summed E-state index contributed by atoms with van der Waals surface area (Å²) in [6, 6.07) is 0.290. The average molecular weight is 505 g/mol. The Bertz CT molecular complexity index is 654. The zero-order valence-corrected chi connectivity index (χ0v) is 21.4. The van der Waals surface area contributed by atoms with Crippen LogP contribution >= 0.6 is 24.0 Å². The van der Waals surface area contributed by atoms with Crippen molar-refractivity contribution in [1.29, 1.82) is 0 Å². The summed E-state index contributed by atoms with van der Waals surface area (Å²) in [6.07, 6.45) is 6.10. The molecule has 1 aliphatic rings. The zero-order chi connectivity index (χ0) is 20.2. The van der Waals surface area contributed by atoms with Crippen molar-refractivity contribution in [3.63, 3.8) is 0 Å². The summed E-state index contributed by atoms with van der Waals surface area (Å²) in [5.41, 5.74) is 3.91. The normalized spacial score (nSPS) is 24.0. The van der Waals surface area contributed by atoms with E-state index in [2.05, 4.69) is 67.4 Å². The van der Waals surface area contributed by atoms with Crippen LogP contribution in [-0.2, 0) is 13.5 Å². The number of aryl methyl sites for hydroxylation is 2. The van der Waals surface area contributed by atoms with Crippen molar-refractivity contribution in [1.82, 2.24) is 25.3 Å². The van der Waals surface area contributed by atoms with E-state index in [1.54, 1.807) is 0 Å². The van der Waals surface area contributed by atoms with Gasteiger partial charge in [-0.1, -0.05) is 19.8 Å². The van der Waals surface area contributed by atoms with Gasteiger partial charge in [-0.05, 0) is 65.6 Å². The summed E-state index contributed by atoms with van der Waals surface area (Å²) in [7, 11) is 8.30. The van der Waals surface area contributed by atoms with E-state index in [9.17, 15) is 0 Å². The van der Waals surface area contributed by atoms with Crippen LogP contribution in [-0.4, -0.2) is 59.9 Å². The van der Waals surface area contributed by atoms with Crippen LogP contribution in [0.5, 0.6) is 0 Å². The molecule has 1 saturated carbocycles. The minimum atomic E-state index is 0. The summed E-state index contributed by atoms with van der Waals surface area (Å²) in [4.78, 5) is 6.88. The summed E-state index contributed by atoms with van der Waals surface area (Å²) >= 11 is 0. The lowest BCUT2D eigenvalue weighted by atomic mass is 9.75. The first-order valence-corrected chi connectivity index (χ1v) is 10.3. The number of guanidine groups is 1. The maximum Gasteiger partial charge on any atom is 0.191 e. The maximum absolute atomic E-state index is 4.53. The number of rotatable bonds is 6. The predicted octanol–water partition coefficient (Wildman–Crippen LogP) is 3.26. The number of hydrogen-bond donors (Lipinski definition) is 2. The fraction of sp³-hybridized carbons (Fsp3) is 0.810. The van der Waals surface area contributed by atoms with E-state index >= 15 is 0 Å². The van der Waals surface area contributed by atoms with Gasteiger partial charge in [0.1, 0.15) is 0 Å². The molecule has 0 aliphatic heterocycles. The van der Waals surface area contributed by atoms with Gasteiger partial charge in [0.15, 0.2) is 5.96 Å². The molecular weight excluding hydrogens is 463 g/mol. The van der Waals surface area contributed by atoms with Crippen molar-refractivity contribution in [2.75, 3.05) is 27.7 Å². The fourth-order valence-corrected chi connectivity index (χ4v) is 4.50. The van der Waals surface area contributed by atoms with E-state index in [1.807, 2.05) is 18.8 Å². The van der Waals surface area contributed by atoms with Crippen LogP contribution in [0.25, 0.3) is 0 Å². The minimum absolute atomic E-state index is 0. The Balaban J connectivity index is 0.00000392. The molecule has 0 bridgehead atoms. The third-order valence-electron chi connectivity index (χ3n) is 6.38. The molecule has 1 aromatic heterocycles. The van der Waals surface area contributed by atoms with Crippen LogP contribution in [0, 0.1) is 19.8 Å². The van der Waals surface area contributed by atoms with Gasteiger partial charge in [-0.2, -0.15) is 5.10 Å². The number of aliphatic imine (C=N–C) groups is 1. The summed E-state index contributed by atoms with van der Waals surface area (Å²) in [5.74, 6) is 1.68. The third kappa shape index (κ3) is 6.08. The minimum Gasteiger partial charge on any atom is -0.355 e. The van der Waals surface area contributed by atoms with E-state index in [4.69, 9.17) is 0 Å². The second-order valence-corrected chi connectivity index (χ2v) is 8.77. The lowest BCUT2D eigenvalue weighted by Gasteiger charge is -2.45. The largest absolute Gasteiger partial charge is 0.355 e. The number of aromatic nitrogens is 2. The molecule has 2 rings (SSSR count). The van der Waals surface area contributed by atoms with E-state index in [0.717, 1.165) is 30.5 Å². The molecule has 1 aromatic rings. The standard InChI is InChI=1S/C21H40N6.HI/c1-15-10-9-11-21(13-15,26(6)7)14-23-20(22-5)24-16(2)12-19-17(3)25-27(8)18(19)4;/h15-16H,9-14H2,1-8H3,(H2,22,23,24);1H. The maximum atomic E-state index is 4.53. The van der Waals surface area contributed by atoms with E-state index < -0.39 is 0 Å².